The molecule has 10 heteroatoms. The van der Waals surface area contributed by atoms with E-state index in [1.165, 1.54) is 30.3 Å². The first-order chi connectivity index (χ1) is 13.8. The van der Waals surface area contributed by atoms with Crippen LogP contribution in [0.15, 0.2) is 47.6 Å². The minimum absolute atomic E-state index is 0.0108. The van der Waals surface area contributed by atoms with Crippen LogP contribution < -0.4 is 10.6 Å². The summed E-state index contributed by atoms with van der Waals surface area (Å²) in [5.41, 5.74) is 0.379. The highest BCUT2D eigenvalue weighted by molar-refractivity contribution is 6.43. The van der Waals surface area contributed by atoms with Gasteiger partial charge in [-0.3, -0.25) is 14.4 Å². The Labute approximate surface area is 163 Å². The van der Waals surface area contributed by atoms with Crippen LogP contribution in [0, 0.1) is 17.5 Å². The molecule has 1 aliphatic rings. The SMILES string of the molecule is O=C(CN1N=C(C(=O)Nc2ccc(F)cc2)CCC1=O)Nc1ccc(F)c(F)c1. The van der Waals surface area contributed by atoms with E-state index in [-0.39, 0.29) is 24.2 Å². The zero-order valence-corrected chi connectivity index (χ0v) is 14.9. The summed E-state index contributed by atoms with van der Waals surface area (Å²) in [5.74, 6) is -4.40. The molecule has 0 unspecified atom stereocenters. The van der Waals surface area contributed by atoms with Crippen molar-refractivity contribution >= 4 is 34.8 Å². The molecule has 29 heavy (non-hydrogen) atoms. The Morgan fingerprint density at radius 2 is 1.62 bits per heavy atom. The lowest BCUT2D eigenvalue weighted by molar-refractivity contribution is -0.135. The van der Waals surface area contributed by atoms with E-state index in [2.05, 4.69) is 15.7 Å². The number of rotatable bonds is 5. The number of amides is 3. The van der Waals surface area contributed by atoms with Gasteiger partial charge in [0, 0.05) is 30.3 Å². The normalized spacial score (nSPS) is 13.7. The number of nitrogens with zero attached hydrogens (tertiary/aromatic N) is 2. The molecule has 1 heterocycles. The van der Waals surface area contributed by atoms with Crippen molar-refractivity contribution in [3.63, 3.8) is 0 Å². The lowest BCUT2D eigenvalue weighted by atomic mass is 10.1. The maximum absolute atomic E-state index is 13.2. The van der Waals surface area contributed by atoms with E-state index in [1.54, 1.807) is 0 Å². The summed E-state index contributed by atoms with van der Waals surface area (Å²) >= 11 is 0. The minimum atomic E-state index is -1.13. The van der Waals surface area contributed by atoms with Crippen molar-refractivity contribution in [2.45, 2.75) is 12.8 Å². The van der Waals surface area contributed by atoms with Gasteiger partial charge in [0.25, 0.3) is 5.91 Å². The summed E-state index contributed by atoms with van der Waals surface area (Å²) in [6.45, 7) is -0.509. The fraction of sp³-hybridized carbons (Fsp3) is 0.158. The predicted octanol–water partition coefficient (Wildman–Crippen LogP) is 2.66. The Hall–Kier alpha value is -3.69. The zero-order valence-electron chi connectivity index (χ0n) is 14.9. The molecule has 0 radical (unpaired) electrons. The summed E-state index contributed by atoms with van der Waals surface area (Å²) in [6.07, 6.45) is 0.0429. The molecule has 0 saturated heterocycles. The number of hydrogen-bond donors (Lipinski definition) is 2. The van der Waals surface area contributed by atoms with E-state index in [4.69, 9.17) is 0 Å². The second kappa shape index (κ2) is 8.55. The number of hydrogen-bond acceptors (Lipinski definition) is 4. The van der Waals surface area contributed by atoms with E-state index < -0.39 is 41.7 Å². The molecule has 7 nitrogen and oxygen atoms in total. The van der Waals surface area contributed by atoms with Crippen molar-refractivity contribution in [3.05, 3.63) is 59.9 Å². The van der Waals surface area contributed by atoms with E-state index in [9.17, 15) is 27.6 Å². The molecule has 150 valence electrons. The van der Waals surface area contributed by atoms with E-state index >= 15 is 0 Å². The molecule has 0 atom stereocenters. The molecular formula is C19H15F3N4O3. The van der Waals surface area contributed by atoms with Gasteiger partial charge < -0.3 is 10.6 Å². The van der Waals surface area contributed by atoms with Gasteiger partial charge in [0.15, 0.2) is 11.6 Å². The molecule has 0 spiro atoms. The molecule has 3 amide bonds. The van der Waals surface area contributed by atoms with Crippen molar-refractivity contribution in [1.29, 1.82) is 0 Å². The van der Waals surface area contributed by atoms with Crippen LogP contribution in [0.1, 0.15) is 12.8 Å². The highest BCUT2D eigenvalue weighted by Gasteiger charge is 2.26. The third-order valence-electron chi connectivity index (χ3n) is 3.97. The lowest BCUT2D eigenvalue weighted by Crippen LogP contribution is -2.40. The molecule has 0 bridgehead atoms. The van der Waals surface area contributed by atoms with Gasteiger partial charge in [-0.2, -0.15) is 5.10 Å². The predicted molar refractivity (Wildman–Crippen MR) is 98.4 cm³/mol. The second-order valence-electron chi connectivity index (χ2n) is 6.14. The Morgan fingerprint density at radius 1 is 0.931 bits per heavy atom. The number of benzene rings is 2. The first-order valence-electron chi connectivity index (χ1n) is 8.51. The van der Waals surface area contributed by atoms with Crippen LogP contribution in [0.3, 0.4) is 0 Å². The Bertz CT molecular complexity index is 993. The topological polar surface area (TPSA) is 90.9 Å². The number of hydrazone groups is 1. The smallest absolute Gasteiger partial charge is 0.271 e. The Morgan fingerprint density at radius 3 is 2.31 bits per heavy atom. The summed E-state index contributed by atoms with van der Waals surface area (Å²) in [5, 5.41) is 9.59. The highest BCUT2D eigenvalue weighted by Crippen LogP contribution is 2.15. The maximum atomic E-state index is 13.2. The average Bonchev–Trinajstić information content (AvgIpc) is 2.68. The van der Waals surface area contributed by atoms with Crippen LogP contribution in [0.25, 0.3) is 0 Å². The molecule has 2 aromatic carbocycles. The minimum Gasteiger partial charge on any atom is -0.324 e. The second-order valence-corrected chi connectivity index (χ2v) is 6.14. The third-order valence-corrected chi connectivity index (χ3v) is 3.97. The van der Waals surface area contributed by atoms with Gasteiger partial charge >= 0.3 is 0 Å². The molecule has 0 aliphatic carbocycles. The molecular weight excluding hydrogens is 389 g/mol. The summed E-state index contributed by atoms with van der Waals surface area (Å²) in [7, 11) is 0. The largest absolute Gasteiger partial charge is 0.324 e. The van der Waals surface area contributed by atoms with Gasteiger partial charge in [0.1, 0.15) is 18.1 Å². The average molecular weight is 404 g/mol. The van der Waals surface area contributed by atoms with Crippen LogP contribution in [0.2, 0.25) is 0 Å². The van der Waals surface area contributed by atoms with Gasteiger partial charge in [-0.1, -0.05) is 0 Å². The fourth-order valence-corrected chi connectivity index (χ4v) is 2.54. The number of anilines is 2. The van der Waals surface area contributed by atoms with Crippen molar-refractivity contribution < 1.29 is 27.6 Å². The third kappa shape index (κ3) is 5.18. The van der Waals surface area contributed by atoms with Gasteiger partial charge in [0.05, 0.1) is 0 Å². The number of nitrogens with one attached hydrogen (secondary N) is 2. The first-order valence-corrected chi connectivity index (χ1v) is 8.51. The van der Waals surface area contributed by atoms with Gasteiger partial charge in [-0.05, 0) is 36.4 Å². The maximum Gasteiger partial charge on any atom is 0.271 e. The zero-order chi connectivity index (χ0) is 21.0. The molecule has 1 aliphatic heterocycles. The van der Waals surface area contributed by atoms with Gasteiger partial charge in [-0.15, -0.1) is 0 Å². The van der Waals surface area contributed by atoms with E-state index in [0.29, 0.717) is 5.69 Å². The quantitative estimate of drug-likeness (QED) is 0.803. The highest BCUT2D eigenvalue weighted by atomic mass is 19.2. The number of halogens is 3. The van der Waals surface area contributed by atoms with Gasteiger partial charge in [0.2, 0.25) is 11.8 Å². The number of carbonyl (C=O) groups excluding carboxylic acids is 3. The fourth-order valence-electron chi connectivity index (χ4n) is 2.54. The van der Waals surface area contributed by atoms with Crippen molar-refractivity contribution in [3.8, 4) is 0 Å². The Balaban J connectivity index is 1.65. The Kier molecular flexibility index (Phi) is 5.91. The summed E-state index contributed by atoms with van der Waals surface area (Å²) in [6, 6.07) is 7.92. The van der Waals surface area contributed by atoms with Crippen molar-refractivity contribution in [2.75, 3.05) is 17.2 Å². The van der Waals surface area contributed by atoms with Crippen LogP contribution in [0.4, 0.5) is 24.5 Å². The summed E-state index contributed by atoms with van der Waals surface area (Å²) in [4.78, 5) is 36.4. The van der Waals surface area contributed by atoms with Crippen LogP contribution >= 0.6 is 0 Å². The van der Waals surface area contributed by atoms with Crippen molar-refractivity contribution in [2.24, 2.45) is 5.10 Å². The number of carbonyl (C=O) groups is 3. The van der Waals surface area contributed by atoms with E-state index in [0.717, 1.165) is 17.1 Å². The molecule has 2 N–H and O–H groups in total. The first kappa shape index (κ1) is 20.1. The van der Waals surface area contributed by atoms with Crippen LogP contribution in [-0.4, -0.2) is 35.0 Å². The molecule has 0 saturated carbocycles. The van der Waals surface area contributed by atoms with Crippen LogP contribution in [-0.2, 0) is 14.4 Å². The lowest BCUT2D eigenvalue weighted by Gasteiger charge is -2.22. The molecule has 2 aromatic rings. The standard InChI is InChI=1S/C19H15F3N4O3/c20-11-1-3-12(4-2-11)24-19(29)16-7-8-18(28)26(25-16)10-17(27)23-13-5-6-14(21)15(22)9-13/h1-6,9H,7-8,10H2,(H,23,27)(H,24,29). The van der Waals surface area contributed by atoms with Crippen LogP contribution in [0.5, 0.6) is 0 Å². The molecule has 0 fully saturated rings. The molecule has 0 aromatic heterocycles. The molecule has 3 rings (SSSR count). The van der Waals surface area contributed by atoms with E-state index in [1.807, 2.05) is 0 Å². The van der Waals surface area contributed by atoms with Gasteiger partial charge in [-0.25, -0.2) is 18.2 Å². The van der Waals surface area contributed by atoms with Crippen molar-refractivity contribution in [1.82, 2.24) is 5.01 Å². The monoisotopic (exact) mass is 404 g/mol. The summed E-state index contributed by atoms with van der Waals surface area (Å²) < 4.78 is 39.1.